The fraction of sp³-hybridized carbons (Fsp3) is 0.753. The number of aliphatic hydroxyl groups is 1. The van der Waals surface area contributed by atoms with Gasteiger partial charge in [0.15, 0.2) is 12.2 Å². The smallest absolute Gasteiger partial charge is 0.462 e. The molecule has 0 bridgehead atoms. The summed E-state index contributed by atoms with van der Waals surface area (Å²) >= 11 is 0. The summed E-state index contributed by atoms with van der Waals surface area (Å²) in [5.74, 6) is -2.22. The van der Waals surface area contributed by atoms with Crippen molar-refractivity contribution in [2.45, 2.75) is 354 Å². The van der Waals surface area contributed by atoms with Crippen LogP contribution in [0.4, 0.5) is 0 Å². The van der Waals surface area contributed by atoms with Gasteiger partial charge in [0.2, 0.25) is 0 Å². The average molecular weight is 1450 g/mol. The van der Waals surface area contributed by atoms with Gasteiger partial charge in [0.1, 0.15) is 19.3 Å². The number of carbonyl (C=O) groups excluding carboxylic acids is 4. The van der Waals surface area contributed by atoms with Crippen LogP contribution in [0.2, 0.25) is 0 Å². The molecular formula is C81H142O17P2. The Kier molecular flexibility index (Phi) is 70.4. The van der Waals surface area contributed by atoms with Crippen molar-refractivity contribution in [3.05, 3.63) is 97.2 Å². The second kappa shape index (κ2) is 73.3. The third kappa shape index (κ3) is 72.3. The van der Waals surface area contributed by atoms with Crippen LogP contribution in [-0.4, -0.2) is 96.7 Å². The fourth-order valence-electron chi connectivity index (χ4n) is 10.5. The van der Waals surface area contributed by atoms with E-state index in [0.29, 0.717) is 25.7 Å². The summed E-state index contributed by atoms with van der Waals surface area (Å²) in [7, 11) is -9.96. The number of carbonyl (C=O) groups is 4. The first kappa shape index (κ1) is 96.0. The lowest BCUT2D eigenvalue weighted by Crippen LogP contribution is -2.30. The molecule has 0 fully saturated rings. The van der Waals surface area contributed by atoms with E-state index in [2.05, 4.69) is 125 Å². The number of rotatable bonds is 74. The summed E-state index contributed by atoms with van der Waals surface area (Å²) in [5.41, 5.74) is 0. The summed E-state index contributed by atoms with van der Waals surface area (Å²) in [6, 6.07) is 0. The van der Waals surface area contributed by atoms with Crippen molar-refractivity contribution in [1.82, 2.24) is 0 Å². The van der Waals surface area contributed by atoms with Crippen LogP contribution in [0.1, 0.15) is 336 Å². The summed E-state index contributed by atoms with van der Waals surface area (Å²) in [6.07, 6.45) is 76.7. The van der Waals surface area contributed by atoms with Crippen molar-refractivity contribution < 1.29 is 80.2 Å². The number of aliphatic hydroxyl groups excluding tert-OH is 1. The van der Waals surface area contributed by atoms with Crippen LogP contribution in [-0.2, 0) is 65.4 Å². The molecule has 3 N–H and O–H groups in total. The molecule has 0 heterocycles. The zero-order valence-electron chi connectivity index (χ0n) is 63.1. The van der Waals surface area contributed by atoms with Gasteiger partial charge in [-0.3, -0.25) is 37.3 Å². The summed E-state index contributed by atoms with van der Waals surface area (Å²) < 4.78 is 68.5. The predicted molar refractivity (Wildman–Crippen MR) is 409 cm³/mol. The van der Waals surface area contributed by atoms with E-state index in [1.165, 1.54) is 89.9 Å². The lowest BCUT2D eigenvalue weighted by molar-refractivity contribution is -0.161. The Bertz CT molecular complexity index is 2270. The third-order valence-electron chi connectivity index (χ3n) is 16.5. The van der Waals surface area contributed by atoms with E-state index in [4.69, 9.17) is 37.0 Å². The van der Waals surface area contributed by atoms with Gasteiger partial charge in [0.25, 0.3) is 0 Å². The maximum Gasteiger partial charge on any atom is 0.472 e. The predicted octanol–water partition coefficient (Wildman–Crippen LogP) is 22.8. The molecule has 0 aliphatic carbocycles. The molecule has 5 unspecified atom stereocenters. The number of ether oxygens (including phenoxy) is 4. The van der Waals surface area contributed by atoms with Crippen molar-refractivity contribution in [1.29, 1.82) is 0 Å². The molecule has 0 amide bonds. The summed E-state index contributed by atoms with van der Waals surface area (Å²) in [5, 5.41) is 10.6. The van der Waals surface area contributed by atoms with Gasteiger partial charge in [0, 0.05) is 25.7 Å². The van der Waals surface area contributed by atoms with Gasteiger partial charge in [-0.2, -0.15) is 0 Å². The molecule has 0 aromatic carbocycles. The highest BCUT2D eigenvalue weighted by molar-refractivity contribution is 7.47. The molecule has 578 valence electrons. The highest BCUT2D eigenvalue weighted by Crippen LogP contribution is 2.45. The number of phosphoric ester groups is 2. The van der Waals surface area contributed by atoms with Crippen LogP contribution in [0.25, 0.3) is 0 Å². The molecular weight excluding hydrogens is 1310 g/mol. The minimum absolute atomic E-state index is 0.0769. The topological polar surface area (TPSA) is 237 Å². The number of allylic oxidation sites excluding steroid dienone is 16. The van der Waals surface area contributed by atoms with Gasteiger partial charge < -0.3 is 33.8 Å². The molecule has 0 aromatic rings. The molecule has 0 rings (SSSR count). The maximum atomic E-state index is 13.1. The van der Waals surface area contributed by atoms with Gasteiger partial charge in [-0.25, -0.2) is 9.13 Å². The molecule has 0 spiro atoms. The van der Waals surface area contributed by atoms with Crippen molar-refractivity contribution in [3.63, 3.8) is 0 Å². The first-order chi connectivity index (χ1) is 48.7. The fourth-order valence-corrected chi connectivity index (χ4v) is 12.0. The number of unbranched alkanes of at least 4 members (excludes halogenated alkanes) is 32. The Labute approximate surface area is 607 Å². The van der Waals surface area contributed by atoms with Gasteiger partial charge in [-0.05, 0) is 148 Å². The Hall–Kier alpha value is -4.02. The Morgan fingerprint density at radius 3 is 0.830 bits per heavy atom. The number of phosphoric acid groups is 2. The summed E-state index contributed by atoms with van der Waals surface area (Å²) in [6.45, 7) is 4.69. The first-order valence-electron chi connectivity index (χ1n) is 39.5. The lowest BCUT2D eigenvalue weighted by Gasteiger charge is -2.21. The van der Waals surface area contributed by atoms with Crippen LogP contribution in [0.3, 0.4) is 0 Å². The number of hydrogen-bond acceptors (Lipinski definition) is 15. The first-order valence-corrected chi connectivity index (χ1v) is 42.5. The molecule has 0 aliphatic heterocycles. The Balaban J connectivity index is 5.36. The van der Waals surface area contributed by atoms with Gasteiger partial charge in [-0.1, -0.05) is 260 Å². The van der Waals surface area contributed by atoms with E-state index < -0.39 is 97.5 Å². The Morgan fingerprint density at radius 1 is 0.290 bits per heavy atom. The standard InChI is InChI=1S/C81H142O17P2/c1-5-9-13-17-21-25-29-33-35-36-37-38-40-44-46-50-54-58-62-66-79(84)92-72-77(98-81(86)68-64-60-56-52-48-42-32-28-24-20-16-12-8-4)74-96-100(89,90)94-70-75(82)69-93-99(87,88)95-73-76(97-80(85)67-63-59-55-51-47-41-31-27-23-19-15-11-7-3)71-91-78(83)65-61-57-53-49-45-43-39-34-30-26-22-18-14-10-6-2/h9,13,21,25,27-28,31-35,37-39,44,46,75-77,82H,5-8,10-12,14-20,22-24,26,29-30,36,40-43,45,47-74H2,1-4H3,(H,87,88)(H,89,90)/b13-9-,25-21-,31-27-,32-28-,35-33-,38-37-,39-34-,46-44-. The molecule has 0 aromatic heterocycles. The molecule has 0 saturated heterocycles. The van der Waals surface area contributed by atoms with Gasteiger partial charge >= 0.3 is 39.5 Å². The molecule has 0 saturated carbocycles. The minimum Gasteiger partial charge on any atom is -0.462 e. The van der Waals surface area contributed by atoms with Crippen LogP contribution in [0.5, 0.6) is 0 Å². The van der Waals surface area contributed by atoms with Gasteiger partial charge in [-0.15, -0.1) is 0 Å². The molecule has 0 aliphatic rings. The number of hydrogen-bond donors (Lipinski definition) is 3. The van der Waals surface area contributed by atoms with Crippen LogP contribution in [0, 0.1) is 0 Å². The van der Waals surface area contributed by atoms with Crippen molar-refractivity contribution in [2.24, 2.45) is 0 Å². The van der Waals surface area contributed by atoms with E-state index in [1.54, 1.807) is 0 Å². The van der Waals surface area contributed by atoms with E-state index >= 15 is 0 Å². The molecule has 5 atom stereocenters. The van der Waals surface area contributed by atoms with Crippen LogP contribution < -0.4 is 0 Å². The average Bonchev–Trinajstić information content (AvgIpc) is 0.935. The maximum absolute atomic E-state index is 13.1. The van der Waals surface area contributed by atoms with Gasteiger partial charge in [0.05, 0.1) is 26.4 Å². The number of esters is 4. The highest BCUT2D eigenvalue weighted by atomic mass is 31.2. The molecule has 19 heteroatoms. The van der Waals surface area contributed by atoms with Crippen molar-refractivity contribution >= 4 is 39.5 Å². The molecule has 0 radical (unpaired) electrons. The highest BCUT2D eigenvalue weighted by Gasteiger charge is 2.30. The minimum atomic E-state index is -4.98. The zero-order valence-corrected chi connectivity index (χ0v) is 64.9. The van der Waals surface area contributed by atoms with Crippen molar-refractivity contribution in [2.75, 3.05) is 39.6 Å². The summed E-state index contributed by atoms with van der Waals surface area (Å²) in [4.78, 5) is 72.9. The van der Waals surface area contributed by atoms with E-state index in [1.807, 2.05) is 0 Å². The Morgan fingerprint density at radius 2 is 0.520 bits per heavy atom. The van der Waals surface area contributed by atoms with E-state index in [0.717, 1.165) is 167 Å². The SMILES string of the molecule is CC/C=C\C/C=C\C/C=C\C/C=C\C/C=C\CCCCCC(=O)OCC(COP(=O)(O)OCC(O)COP(=O)(O)OCC(COC(=O)CCCCCCC/C=C\CCCCCCCC)OC(=O)CCCCCCC/C=C\CCCCCC)OC(=O)CCCCCCC/C=C\CCCCCC. The second-order valence-electron chi connectivity index (χ2n) is 26.3. The quantitative estimate of drug-likeness (QED) is 0.0169. The lowest BCUT2D eigenvalue weighted by atomic mass is 10.1. The van der Waals surface area contributed by atoms with E-state index in [-0.39, 0.29) is 25.7 Å². The zero-order chi connectivity index (χ0) is 73.2. The van der Waals surface area contributed by atoms with Crippen LogP contribution in [0.15, 0.2) is 97.2 Å². The third-order valence-corrected chi connectivity index (χ3v) is 18.4. The second-order valence-corrected chi connectivity index (χ2v) is 29.2. The van der Waals surface area contributed by atoms with Crippen molar-refractivity contribution in [3.8, 4) is 0 Å². The monoisotopic (exact) mass is 1450 g/mol. The largest absolute Gasteiger partial charge is 0.472 e. The molecule has 100 heavy (non-hydrogen) atoms. The van der Waals surface area contributed by atoms with E-state index in [9.17, 15) is 43.2 Å². The van der Waals surface area contributed by atoms with Crippen LogP contribution >= 0.6 is 15.6 Å². The molecule has 17 nitrogen and oxygen atoms in total. The normalized spacial score (nSPS) is 14.4.